The van der Waals surface area contributed by atoms with Gasteiger partial charge in [-0.25, -0.2) is 0 Å². The molecule has 2 aromatic carbocycles. The van der Waals surface area contributed by atoms with Gasteiger partial charge in [0.1, 0.15) is 0 Å². The highest BCUT2D eigenvalue weighted by Gasteiger charge is 2.04. The van der Waals surface area contributed by atoms with Crippen LogP contribution in [-0.4, -0.2) is 11.1 Å². The Morgan fingerprint density at radius 1 is 1.17 bits per heavy atom. The number of nitro groups is 1. The summed E-state index contributed by atoms with van der Waals surface area (Å²) in [5, 5.41) is 10.6. The van der Waals surface area contributed by atoms with Gasteiger partial charge >= 0.3 is 0 Å². The zero-order chi connectivity index (χ0) is 13.0. The minimum Gasteiger partial charge on any atom is -0.258 e. The Hall–Kier alpha value is -1.76. The van der Waals surface area contributed by atoms with Crippen LogP contribution in [0.5, 0.6) is 0 Å². The van der Waals surface area contributed by atoms with Crippen molar-refractivity contribution in [1.29, 1.82) is 0 Å². The van der Waals surface area contributed by atoms with Crippen molar-refractivity contribution in [2.75, 3.05) is 0 Å². The summed E-state index contributed by atoms with van der Waals surface area (Å²) < 4.78 is 1.04. The predicted octanol–water partition coefficient (Wildman–Crippen LogP) is 3.95. The predicted molar refractivity (Wildman–Crippen MR) is 79.5 cm³/mol. The zero-order valence-corrected chi connectivity index (χ0v) is 11.4. The third kappa shape index (κ3) is 3.13. The number of rotatable bonds is 3. The average molecular weight is 352 g/mol. The van der Waals surface area contributed by atoms with Gasteiger partial charge in [0.05, 0.1) is 10.6 Å². The van der Waals surface area contributed by atoms with Gasteiger partial charge < -0.3 is 0 Å². The number of non-ortho nitro benzene ring substituents is 1. The lowest BCUT2D eigenvalue weighted by molar-refractivity contribution is -0.384. The smallest absolute Gasteiger partial charge is 0.258 e. The SMILES string of the molecule is O=[N+]([O-])c1cccc(C=Nc2ccccc2I)c1. The van der Waals surface area contributed by atoms with E-state index in [0.717, 1.165) is 9.26 Å². The molecular formula is C13H9IN2O2. The highest BCUT2D eigenvalue weighted by Crippen LogP contribution is 2.20. The zero-order valence-electron chi connectivity index (χ0n) is 9.29. The molecule has 0 aromatic heterocycles. The number of benzene rings is 2. The fourth-order valence-corrected chi connectivity index (χ4v) is 1.95. The van der Waals surface area contributed by atoms with Crippen LogP contribution in [0.4, 0.5) is 11.4 Å². The second-order valence-corrected chi connectivity index (χ2v) is 4.72. The van der Waals surface area contributed by atoms with Gasteiger partial charge in [-0.05, 0) is 40.3 Å². The van der Waals surface area contributed by atoms with Crippen molar-refractivity contribution in [1.82, 2.24) is 0 Å². The number of halogens is 1. The molecule has 0 unspecified atom stereocenters. The van der Waals surface area contributed by atoms with E-state index in [2.05, 4.69) is 27.6 Å². The van der Waals surface area contributed by atoms with Crippen molar-refractivity contribution in [3.8, 4) is 0 Å². The van der Waals surface area contributed by atoms with Crippen LogP contribution in [0.3, 0.4) is 0 Å². The van der Waals surface area contributed by atoms with Gasteiger partial charge in [0, 0.05) is 21.9 Å². The van der Waals surface area contributed by atoms with Gasteiger partial charge in [0.15, 0.2) is 0 Å². The maximum absolute atomic E-state index is 10.6. The van der Waals surface area contributed by atoms with E-state index in [1.807, 2.05) is 24.3 Å². The lowest BCUT2D eigenvalue weighted by Crippen LogP contribution is -1.89. The van der Waals surface area contributed by atoms with E-state index in [9.17, 15) is 10.1 Å². The highest BCUT2D eigenvalue weighted by atomic mass is 127. The monoisotopic (exact) mass is 352 g/mol. The molecule has 0 fully saturated rings. The van der Waals surface area contributed by atoms with Gasteiger partial charge in [0.25, 0.3) is 5.69 Å². The lowest BCUT2D eigenvalue weighted by Gasteiger charge is -1.97. The van der Waals surface area contributed by atoms with Crippen LogP contribution in [-0.2, 0) is 0 Å². The van der Waals surface area contributed by atoms with Crippen LogP contribution in [0, 0.1) is 13.7 Å². The summed E-state index contributed by atoms with van der Waals surface area (Å²) in [4.78, 5) is 14.5. The molecule has 90 valence electrons. The molecular weight excluding hydrogens is 343 g/mol. The molecule has 0 spiro atoms. The molecule has 0 aliphatic carbocycles. The molecule has 2 rings (SSSR count). The van der Waals surface area contributed by atoms with Crippen LogP contribution in [0.2, 0.25) is 0 Å². The molecule has 0 aliphatic heterocycles. The highest BCUT2D eigenvalue weighted by molar-refractivity contribution is 14.1. The number of hydrogen-bond donors (Lipinski definition) is 0. The Bertz CT molecular complexity index is 611. The summed E-state index contributed by atoms with van der Waals surface area (Å²) in [5.41, 5.74) is 1.63. The maximum atomic E-state index is 10.6. The molecule has 0 aliphatic rings. The standard InChI is InChI=1S/C13H9IN2O2/c14-12-6-1-2-7-13(12)15-9-10-4-3-5-11(8-10)16(17)18/h1-9H. The molecule has 18 heavy (non-hydrogen) atoms. The maximum Gasteiger partial charge on any atom is 0.270 e. The number of para-hydroxylation sites is 1. The van der Waals surface area contributed by atoms with Crippen LogP contribution < -0.4 is 0 Å². The summed E-state index contributed by atoms with van der Waals surface area (Å²) in [6.45, 7) is 0. The molecule has 0 saturated heterocycles. The fraction of sp³-hybridized carbons (Fsp3) is 0. The van der Waals surface area contributed by atoms with Crippen LogP contribution in [0.15, 0.2) is 53.5 Å². The molecule has 2 aromatic rings. The molecule has 5 heteroatoms. The van der Waals surface area contributed by atoms with E-state index < -0.39 is 4.92 Å². The minimum atomic E-state index is -0.413. The summed E-state index contributed by atoms with van der Waals surface area (Å²) in [6.07, 6.45) is 1.63. The molecule has 0 saturated carbocycles. The molecule has 0 amide bonds. The first-order valence-electron chi connectivity index (χ1n) is 5.20. The second kappa shape index (κ2) is 5.72. The Morgan fingerprint density at radius 3 is 2.67 bits per heavy atom. The molecule has 0 heterocycles. The first-order chi connectivity index (χ1) is 8.66. The van der Waals surface area contributed by atoms with Crippen molar-refractivity contribution in [2.24, 2.45) is 4.99 Å². The van der Waals surface area contributed by atoms with E-state index in [0.29, 0.717) is 5.56 Å². The van der Waals surface area contributed by atoms with Gasteiger partial charge in [-0.15, -0.1) is 0 Å². The summed E-state index contributed by atoms with van der Waals surface area (Å²) in [6, 6.07) is 14.1. The van der Waals surface area contributed by atoms with Crippen LogP contribution >= 0.6 is 22.6 Å². The van der Waals surface area contributed by atoms with Crippen molar-refractivity contribution in [2.45, 2.75) is 0 Å². The molecule has 0 radical (unpaired) electrons. The van der Waals surface area contributed by atoms with Gasteiger partial charge in [-0.3, -0.25) is 15.1 Å². The van der Waals surface area contributed by atoms with E-state index in [1.165, 1.54) is 12.1 Å². The van der Waals surface area contributed by atoms with Gasteiger partial charge in [-0.2, -0.15) is 0 Å². The van der Waals surface area contributed by atoms with E-state index in [1.54, 1.807) is 18.3 Å². The topological polar surface area (TPSA) is 55.5 Å². The largest absolute Gasteiger partial charge is 0.270 e. The summed E-state index contributed by atoms with van der Waals surface area (Å²) in [5.74, 6) is 0. The average Bonchev–Trinajstić information content (AvgIpc) is 2.38. The molecule has 0 bridgehead atoms. The summed E-state index contributed by atoms with van der Waals surface area (Å²) in [7, 11) is 0. The van der Waals surface area contributed by atoms with E-state index >= 15 is 0 Å². The van der Waals surface area contributed by atoms with Crippen molar-refractivity contribution in [3.63, 3.8) is 0 Å². The fourth-order valence-electron chi connectivity index (χ4n) is 1.42. The minimum absolute atomic E-state index is 0.0710. The van der Waals surface area contributed by atoms with Crippen molar-refractivity contribution >= 4 is 40.2 Å². The van der Waals surface area contributed by atoms with Crippen molar-refractivity contribution in [3.05, 3.63) is 67.8 Å². The Balaban J connectivity index is 2.27. The quantitative estimate of drug-likeness (QED) is 0.364. The third-order valence-electron chi connectivity index (χ3n) is 2.29. The molecule has 0 N–H and O–H groups in total. The van der Waals surface area contributed by atoms with Gasteiger partial charge in [-0.1, -0.05) is 24.3 Å². The Labute approximate surface area is 118 Å². The van der Waals surface area contributed by atoms with Crippen LogP contribution in [0.1, 0.15) is 5.56 Å². The van der Waals surface area contributed by atoms with Crippen molar-refractivity contribution < 1.29 is 4.92 Å². The van der Waals surface area contributed by atoms with Gasteiger partial charge in [0.2, 0.25) is 0 Å². The Kier molecular flexibility index (Phi) is 4.03. The van der Waals surface area contributed by atoms with E-state index in [4.69, 9.17) is 0 Å². The number of aliphatic imine (C=N–C) groups is 1. The number of nitrogens with zero attached hydrogens (tertiary/aromatic N) is 2. The molecule has 4 nitrogen and oxygen atoms in total. The van der Waals surface area contributed by atoms with Crippen LogP contribution in [0.25, 0.3) is 0 Å². The first-order valence-corrected chi connectivity index (χ1v) is 6.28. The number of nitro benzene ring substituents is 1. The first kappa shape index (κ1) is 12.7. The lowest BCUT2D eigenvalue weighted by atomic mass is 10.2. The molecule has 0 atom stereocenters. The Morgan fingerprint density at radius 2 is 1.94 bits per heavy atom. The number of hydrogen-bond acceptors (Lipinski definition) is 3. The summed E-state index contributed by atoms with van der Waals surface area (Å²) >= 11 is 2.20. The van der Waals surface area contributed by atoms with E-state index in [-0.39, 0.29) is 5.69 Å². The third-order valence-corrected chi connectivity index (χ3v) is 3.20. The second-order valence-electron chi connectivity index (χ2n) is 3.56. The normalized spacial score (nSPS) is 10.7.